The average molecular weight is 638 g/mol. The molecule has 232 valence electrons. The highest BCUT2D eigenvalue weighted by Crippen LogP contribution is 2.48. The Labute approximate surface area is 286 Å². The van der Waals surface area contributed by atoms with Gasteiger partial charge in [0, 0.05) is 43.6 Å². The van der Waals surface area contributed by atoms with Gasteiger partial charge in [-0.1, -0.05) is 140 Å². The lowest BCUT2D eigenvalue weighted by atomic mass is 9.97. The first kappa shape index (κ1) is 27.1. The van der Waals surface area contributed by atoms with Crippen LogP contribution in [-0.2, 0) is 0 Å². The van der Waals surface area contributed by atoms with Crippen LogP contribution in [0.3, 0.4) is 0 Å². The number of fused-ring (bicyclic) bond motifs is 6. The quantitative estimate of drug-likeness (QED) is 0.193. The molecule has 0 aliphatic rings. The van der Waals surface area contributed by atoms with Gasteiger partial charge in [-0.3, -0.25) is 4.57 Å². The number of benzene rings is 7. The molecule has 0 amide bonds. The van der Waals surface area contributed by atoms with Gasteiger partial charge in [-0.25, -0.2) is 4.98 Å². The van der Waals surface area contributed by atoms with E-state index in [4.69, 9.17) is 15.0 Å². The van der Waals surface area contributed by atoms with Gasteiger partial charge in [0.15, 0.2) is 11.6 Å². The van der Waals surface area contributed by atoms with E-state index in [1.807, 2.05) is 36.4 Å². The van der Waals surface area contributed by atoms with Gasteiger partial charge in [-0.15, -0.1) is 0 Å². The topological polar surface area (TPSA) is 48.0 Å². The Bertz CT molecular complexity index is 3010. The standard InChI is InChI=1S/C45H27N5/c1-4-15-28(16-5-1)34-27-35-32-22-11-13-25-37(32)49-36-24-12-10-21-31(36)33-23-14-26-38-39(33)40(42(35)49)41(34)50(38)45-47-43(29-17-6-2-7-18-29)46-44(48-45)30-19-8-3-9-20-30/h1-27H. The van der Waals surface area contributed by atoms with Gasteiger partial charge >= 0.3 is 0 Å². The molecule has 5 nitrogen and oxygen atoms in total. The highest BCUT2D eigenvalue weighted by molar-refractivity contribution is 6.35. The van der Waals surface area contributed by atoms with E-state index in [9.17, 15) is 0 Å². The molecule has 5 heteroatoms. The molecule has 0 aliphatic heterocycles. The van der Waals surface area contributed by atoms with Crippen LogP contribution in [0, 0.1) is 0 Å². The van der Waals surface area contributed by atoms with Crippen molar-refractivity contribution in [2.24, 2.45) is 0 Å². The van der Waals surface area contributed by atoms with E-state index in [0.29, 0.717) is 17.6 Å². The first-order valence-corrected chi connectivity index (χ1v) is 16.9. The summed E-state index contributed by atoms with van der Waals surface area (Å²) in [7, 11) is 0. The summed E-state index contributed by atoms with van der Waals surface area (Å²) in [4.78, 5) is 15.6. The lowest BCUT2D eigenvalue weighted by Gasteiger charge is -2.14. The molecule has 4 heterocycles. The molecule has 0 aliphatic carbocycles. The van der Waals surface area contributed by atoms with Gasteiger partial charge < -0.3 is 4.40 Å². The highest BCUT2D eigenvalue weighted by Gasteiger charge is 2.27. The fourth-order valence-electron chi connectivity index (χ4n) is 8.01. The van der Waals surface area contributed by atoms with Crippen molar-refractivity contribution in [2.45, 2.75) is 0 Å². The molecule has 0 spiro atoms. The van der Waals surface area contributed by atoms with Crippen molar-refractivity contribution < 1.29 is 0 Å². The number of hydrogen-bond donors (Lipinski definition) is 0. The van der Waals surface area contributed by atoms with Crippen LogP contribution in [0.5, 0.6) is 0 Å². The lowest BCUT2D eigenvalue weighted by Crippen LogP contribution is -2.07. The molecule has 4 aromatic heterocycles. The second kappa shape index (κ2) is 10.3. The second-order valence-electron chi connectivity index (χ2n) is 12.8. The average Bonchev–Trinajstić information content (AvgIpc) is 3.67. The third-order valence-corrected chi connectivity index (χ3v) is 10.1. The maximum absolute atomic E-state index is 5.28. The van der Waals surface area contributed by atoms with Crippen LogP contribution in [0.2, 0.25) is 0 Å². The van der Waals surface area contributed by atoms with Gasteiger partial charge in [-0.2, -0.15) is 9.97 Å². The van der Waals surface area contributed by atoms with Crippen LogP contribution in [0.1, 0.15) is 0 Å². The van der Waals surface area contributed by atoms with Crippen molar-refractivity contribution in [1.82, 2.24) is 23.9 Å². The largest absolute Gasteiger partial charge is 0.308 e. The smallest absolute Gasteiger partial charge is 0.238 e. The summed E-state index contributed by atoms with van der Waals surface area (Å²) in [6.07, 6.45) is 0. The normalized spacial score (nSPS) is 12.0. The van der Waals surface area contributed by atoms with E-state index < -0.39 is 0 Å². The number of para-hydroxylation sites is 2. The summed E-state index contributed by atoms with van der Waals surface area (Å²) in [6, 6.07) is 57.7. The summed E-state index contributed by atoms with van der Waals surface area (Å²) in [5.74, 6) is 1.85. The van der Waals surface area contributed by atoms with E-state index >= 15 is 0 Å². The van der Waals surface area contributed by atoms with Crippen LogP contribution >= 0.6 is 0 Å². The van der Waals surface area contributed by atoms with Crippen molar-refractivity contribution in [1.29, 1.82) is 0 Å². The van der Waals surface area contributed by atoms with Crippen LogP contribution in [0.25, 0.3) is 99.8 Å². The molecule has 11 rings (SSSR count). The first-order chi connectivity index (χ1) is 24.8. The fraction of sp³-hybridized carbons (Fsp3) is 0. The van der Waals surface area contributed by atoms with E-state index in [1.165, 1.54) is 48.9 Å². The molecule has 11 aromatic rings. The molecule has 0 saturated carbocycles. The summed E-state index contributed by atoms with van der Waals surface area (Å²) < 4.78 is 4.76. The van der Waals surface area contributed by atoms with Crippen LogP contribution in [0.15, 0.2) is 164 Å². The van der Waals surface area contributed by atoms with Gasteiger partial charge in [0.25, 0.3) is 0 Å². The number of hydrogen-bond acceptors (Lipinski definition) is 3. The van der Waals surface area contributed by atoms with E-state index in [2.05, 4.69) is 136 Å². The summed E-state index contributed by atoms with van der Waals surface area (Å²) in [6.45, 7) is 0. The number of aromatic nitrogens is 5. The van der Waals surface area contributed by atoms with Crippen molar-refractivity contribution in [3.8, 4) is 39.9 Å². The Balaban J connectivity index is 1.41. The minimum atomic E-state index is 0.586. The zero-order chi connectivity index (χ0) is 32.8. The molecule has 0 atom stereocenters. The molecule has 50 heavy (non-hydrogen) atoms. The van der Waals surface area contributed by atoms with Crippen molar-refractivity contribution in [2.75, 3.05) is 0 Å². The Morgan fingerprint density at radius 3 is 1.48 bits per heavy atom. The molecule has 0 bridgehead atoms. The molecule has 0 unspecified atom stereocenters. The fourth-order valence-corrected chi connectivity index (χ4v) is 8.01. The minimum Gasteiger partial charge on any atom is -0.308 e. The predicted octanol–water partition coefficient (Wildman–Crippen LogP) is 11.1. The summed E-state index contributed by atoms with van der Waals surface area (Å²) in [5, 5.41) is 7.24. The third-order valence-electron chi connectivity index (χ3n) is 10.1. The van der Waals surface area contributed by atoms with Crippen LogP contribution in [0.4, 0.5) is 0 Å². The molecule has 0 saturated heterocycles. The van der Waals surface area contributed by atoms with E-state index in [1.54, 1.807) is 0 Å². The molecule has 7 aromatic carbocycles. The molecule has 0 fully saturated rings. The van der Waals surface area contributed by atoms with Crippen LogP contribution in [-0.4, -0.2) is 23.9 Å². The SMILES string of the molecule is c1ccc(-c2nc(-c3ccccc3)nc(-n3c4cccc5c6ccccc6n6c7ccccc7c7cc(-c8ccccc8)c3c(c54)c76)n2)cc1. The van der Waals surface area contributed by atoms with Gasteiger partial charge in [0.1, 0.15) is 0 Å². The van der Waals surface area contributed by atoms with Crippen molar-refractivity contribution in [3.63, 3.8) is 0 Å². The number of nitrogens with zero attached hydrogens (tertiary/aromatic N) is 5. The lowest BCUT2D eigenvalue weighted by molar-refractivity contribution is 0.954. The van der Waals surface area contributed by atoms with E-state index in [0.717, 1.165) is 33.3 Å². The summed E-state index contributed by atoms with van der Waals surface area (Å²) in [5.41, 5.74) is 9.85. The second-order valence-corrected chi connectivity index (χ2v) is 12.8. The Morgan fingerprint density at radius 2 is 0.860 bits per heavy atom. The molecular weight excluding hydrogens is 611 g/mol. The highest BCUT2D eigenvalue weighted by atomic mass is 15.2. The minimum absolute atomic E-state index is 0.586. The van der Waals surface area contributed by atoms with Crippen LogP contribution < -0.4 is 0 Å². The predicted molar refractivity (Wildman–Crippen MR) is 205 cm³/mol. The monoisotopic (exact) mass is 637 g/mol. The Morgan fingerprint density at radius 1 is 0.360 bits per heavy atom. The Hall–Kier alpha value is -6.85. The zero-order valence-electron chi connectivity index (χ0n) is 26.8. The van der Waals surface area contributed by atoms with Gasteiger partial charge in [-0.05, 0) is 35.2 Å². The zero-order valence-corrected chi connectivity index (χ0v) is 26.8. The van der Waals surface area contributed by atoms with Gasteiger partial charge in [0.05, 0.1) is 27.6 Å². The molecule has 0 radical (unpaired) electrons. The maximum Gasteiger partial charge on any atom is 0.238 e. The molecular formula is C45H27N5. The third kappa shape index (κ3) is 3.74. The first-order valence-electron chi connectivity index (χ1n) is 16.9. The van der Waals surface area contributed by atoms with Gasteiger partial charge in [0.2, 0.25) is 5.95 Å². The summed E-state index contributed by atoms with van der Waals surface area (Å²) >= 11 is 0. The van der Waals surface area contributed by atoms with Crippen molar-refractivity contribution in [3.05, 3.63) is 164 Å². The molecule has 0 N–H and O–H groups in total. The van der Waals surface area contributed by atoms with Crippen molar-refractivity contribution >= 4 is 59.9 Å². The number of rotatable bonds is 4. The maximum atomic E-state index is 5.28. The Kier molecular flexibility index (Phi) is 5.60. The van der Waals surface area contributed by atoms with E-state index in [-0.39, 0.29) is 0 Å².